The Balaban J connectivity index is 1.75. The summed E-state index contributed by atoms with van der Waals surface area (Å²) >= 11 is 0. The molecule has 0 saturated carbocycles. The molecule has 4 heterocycles. The Labute approximate surface area is 118 Å². The van der Waals surface area contributed by atoms with Crippen LogP contribution >= 0.6 is 0 Å². The van der Waals surface area contributed by atoms with E-state index in [1.54, 1.807) is 0 Å². The first-order chi connectivity index (χ1) is 9.92. The van der Waals surface area contributed by atoms with Crippen LogP contribution in [0.4, 0.5) is 11.4 Å². The fourth-order valence-electron chi connectivity index (χ4n) is 3.14. The fraction of sp³-hybridized carbons (Fsp3) is 0.375. The molecule has 0 radical (unpaired) electrons. The normalized spacial score (nSPS) is 17.5. The predicted octanol–water partition coefficient (Wildman–Crippen LogP) is 2.21. The second-order valence-electron chi connectivity index (χ2n) is 5.45. The number of hydrogen-bond donors (Lipinski definition) is 1. The Hall–Kier alpha value is -1.94. The van der Waals surface area contributed by atoms with Crippen molar-refractivity contribution in [1.29, 1.82) is 0 Å². The Morgan fingerprint density at radius 3 is 3.15 bits per heavy atom. The lowest BCUT2D eigenvalue weighted by atomic mass is 10.0. The topological polar surface area (TPSA) is 41.1 Å². The van der Waals surface area contributed by atoms with E-state index >= 15 is 0 Å². The van der Waals surface area contributed by atoms with Crippen molar-refractivity contribution in [1.82, 2.24) is 15.3 Å². The number of anilines is 2. The fourth-order valence-corrected chi connectivity index (χ4v) is 3.14. The molecular formula is C16H18N4. The Kier molecular flexibility index (Phi) is 2.89. The van der Waals surface area contributed by atoms with Gasteiger partial charge in [-0.1, -0.05) is 0 Å². The molecule has 2 aromatic rings. The van der Waals surface area contributed by atoms with Crippen molar-refractivity contribution in [2.75, 3.05) is 18.0 Å². The molecule has 2 aliphatic heterocycles. The van der Waals surface area contributed by atoms with Crippen molar-refractivity contribution >= 4 is 11.4 Å². The zero-order valence-electron chi connectivity index (χ0n) is 11.5. The molecule has 0 atom stereocenters. The highest BCUT2D eigenvalue weighted by atomic mass is 15.2. The van der Waals surface area contributed by atoms with E-state index in [1.165, 1.54) is 28.3 Å². The number of rotatable bonds is 1. The van der Waals surface area contributed by atoms with E-state index in [4.69, 9.17) is 0 Å². The summed E-state index contributed by atoms with van der Waals surface area (Å²) in [6.07, 6.45) is 7.17. The van der Waals surface area contributed by atoms with Crippen LogP contribution in [0.5, 0.6) is 0 Å². The zero-order chi connectivity index (χ0) is 13.4. The third kappa shape index (κ3) is 1.96. The zero-order valence-corrected chi connectivity index (χ0v) is 11.5. The molecule has 2 aliphatic rings. The van der Waals surface area contributed by atoms with Gasteiger partial charge in [-0.25, -0.2) is 0 Å². The first kappa shape index (κ1) is 11.9. The van der Waals surface area contributed by atoms with Crippen LogP contribution in [-0.4, -0.2) is 23.1 Å². The van der Waals surface area contributed by atoms with Gasteiger partial charge in [0.15, 0.2) is 0 Å². The minimum Gasteiger partial charge on any atom is -0.339 e. The summed E-state index contributed by atoms with van der Waals surface area (Å²) in [5, 5.41) is 3.42. The Morgan fingerprint density at radius 2 is 2.15 bits per heavy atom. The van der Waals surface area contributed by atoms with Gasteiger partial charge in [0, 0.05) is 37.9 Å². The van der Waals surface area contributed by atoms with E-state index in [0.29, 0.717) is 0 Å². The van der Waals surface area contributed by atoms with Gasteiger partial charge in [0.05, 0.1) is 23.3 Å². The summed E-state index contributed by atoms with van der Waals surface area (Å²) in [5.41, 5.74) is 6.22. The van der Waals surface area contributed by atoms with Gasteiger partial charge in [0.25, 0.3) is 0 Å². The van der Waals surface area contributed by atoms with Gasteiger partial charge in [0.2, 0.25) is 0 Å². The van der Waals surface area contributed by atoms with E-state index in [9.17, 15) is 0 Å². The van der Waals surface area contributed by atoms with Gasteiger partial charge in [-0.3, -0.25) is 9.97 Å². The SMILES string of the molecule is c1cnc2c(c1)N(c1cnc3c(c1)CNCC3)CCC2. The number of nitrogens with one attached hydrogen (secondary N) is 1. The molecular weight excluding hydrogens is 248 g/mol. The van der Waals surface area contributed by atoms with Crippen LogP contribution in [-0.2, 0) is 19.4 Å². The van der Waals surface area contributed by atoms with Crippen molar-refractivity contribution < 1.29 is 0 Å². The van der Waals surface area contributed by atoms with Crippen molar-refractivity contribution in [3.63, 3.8) is 0 Å². The molecule has 4 rings (SSSR count). The molecule has 20 heavy (non-hydrogen) atoms. The molecule has 0 unspecified atom stereocenters. The minimum atomic E-state index is 0.934. The standard InChI is InChI=1S/C16H18N4/c1-4-16-15(18-6-1)3-2-8-20(16)13-9-12-10-17-7-5-14(12)19-11-13/h1,4,6,9,11,17H,2-3,5,7-8,10H2. The Bertz CT molecular complexity index is 638. The number of fused-ring (bicyclic) bond motifs is 2. The summed E-state index contributed by atoms with van der Waals surface area (Å²) in [7, 11) is 0. The van der Waals surface area contributed by atoms with Gasteiger partial charge in [-0.05, 0) is 36.6 Å². The van der Waals surface area contributed by atoms with Gasteiger partial charge in [-0.15, -0.1) is 0 Å². The first-order valence-corrected chi connectivity index (χ1v) is 7.32. The molecule has 0 aromatic carbocycles. The highest BCUT2D eigenvalue weighted by molar-refractivity contribution is 5.66. The maximum atomic E-state index is 4.67. The van der Waals surface area contributed by atoms with E-state index < -0.39 is 0 Å². The molecule has 4 nitrogen and oxygen atoms in total. The van der Waals surface area contributed by atoms with Gasteiger partial charge < -0.3 is 10.2 Å². The lowest BCUT2D eigenvalue weighted by molar-refractivity contribution is 0.629. The van der Waals surface area contributed by atoms with Crippen LogP contribution in [0.1, 0.15) is 23.4 Å². The highest BCUT2D eigenvalue weighted by Crippen LogP contribution is 2.32. The van der Waals surface area contributed by atoms with Gasteiger partial charge >= 0.3 is 0 Å². The summed E-state index contributed by atoms with van der Waals surface area (Å²) in [4.78, 5) is 11.5. The van der Waals surface area contributed by atoms with Crippen LogP contribution < -0.4 is 10.2 Å². The third-order valence-electron chi connectivity index (χ3n) is 4.16. The van der Waals surface area contributed by atoms with E-state index in [0.717, 1.165) is 38.9 Å². The maximum Gasteiger partial charge on any atom is 0.0640 e. The van der Waals surface area contributed by atoms with E-state index in [2.05, 4.69) is 32.3 Å². The average Bonchev–Trinajstić information content (AvgIpc) is 2.54. The molecule has 0 saturated heterocycles. The van der Waals surface area contributed by atoms with Crippen molar-refractivity contribution in [2.24, 2.45) is 0 Å². The van der Waals surface area contributed by atoms with Crippen LogP contribution in [0.15, 0.2) is 30.6 Å². The predicted molar refractivity (Wildman–Crippen MR) is 79.2 cm³/mol. The van der Waals surface area contributed by atoms with E-state index in [1.807, 2.05) is 18.5 Å². The molecule has 2 aromatic heterocycles. The largest absolute Gasteiger partial charge is 0.339 e. The van der Waals surface area contributed by atoms with Crippen LogP contribution in [0, 0.1) is 0 Å². The quantitative estimate of drug-likeness (QED) is 0.859. The summed E-state index contributed by atoms with van der Waals surface area (Å²) in [6.45, 7) is 3.02. The summed E-state index contributed by atoms with van der Waals surface area (Å²) in [5.74, 6) is 0. The van der Waals surface area contributed by atoms with Gasteiger partial charge in [-0.2, -0.15) is 0 Å². The molecule has 102 valence electrons. The third-order valence-corrected chi connectivity index (χ3v) is 4.16. The molecule has 0 spiro atoms. The highest BCUT2D eigenvalue weighted by Gasteiger charge is 2.20. The molecule has 4 heteroatoms. The Morgan fingerprint density at radius 1 is 1.15 bits per heavy atom. The van der Waals surface area contributed by atoms with Crippen LogP contribution in [0.25, 0.3) is 0 Å². The molecule has 0 bridgehead atoms. The van der Waals surface area contributed by atoms with Gasteiger partial charge in [0.1, 0.15) is 0 Å². The number of hydrogen-bond acceptors (Lipinski definition) is 4. The molecule has 0 fully saturated rings. The molecule has 0 aliphatic carbocycles. The number of aryl methyl sites for hydroxylation is 1. The maximum absolute atomic E-state index is 4.67. The number of pyridine rings is 2. The lowest BCUT2D eigenvalue weighted by Crippen LogP contribution is -2.27. The van der Waals surface area contributed by atoms with Crippen LogP contribution in [0.3, 0.4) is 0 Å². The average molecular weight is 266 g/mol. The second kappa shape index (κ2) is 4.87. The summed E-state index contributed by atoms with van der Waals surface area (Å²) < 4.78 is 0. The number of aromatic nitrogens is 2. The van der Waals surface area contributed by atoms with Crippen molar-refractivity contribution in [3.8, 4) is 0 Å². The molecule has 1 N–H and O–H groups in total. The smallest absolute Gasteiger partial charge is 0.0640 e. The number of nitrogens with zero attached hydrogens (tertiary/aromatic N) is 3. The van der Waals surface area contributed by atoms with E-state index in [-0.39, 0.29) is 0 Å². The van der Waals surface area contributed by atoms with Crippen molar-refractivity contribution in [2.45, 2.75) is 25.8 Å². The first-order valence-electron chi connectivity index (χ1n) is 7.32. The second-order valence-corrected chi connectivity index (χ2v) is 5.45. The molecule has 0 amide bonds. The van der Waals surface area contributed by atoms with Crippen molar-refractivity contribution in [3.05, 3.63) is 47.5 Å². The van der Waals surface area contributed by atoms with Crippen LogP contribution in [0.2, 0.25) is 0 Å². The minimum absolute atomic E-state index is 0.934. The lowest BCUT2D eigenvalue weighted by Gasteiger charge is -2.31. The summed E-state index contributed by atoms with van der Waals surface area (Å²) in [6, 6.07) is 6.47. The monoisotopic (exact) mass is 266 g/mol.